The van der Waals surface area contributed by atoms with Crippen LogP contribution < -0.4 is 5.32 Å². The summed E-state index contributed by atoms with van der Waals surface area (Å²) in [5, 5.41) is 12.2. The third-order valence-electron chi connectivity index (χ3n) is 3.96. The minimum Gasteiger partial charge on any atom is -0.312 e. The molecule has 0 aromatic rings. The zero-order chi connectivity index (χ0) is 11.2. The Kier molecular flexibility index (Phi) is 4.62. The predicted octanol–water partition coefficient (Wildman–Crippen LogP) is 1.90. The number of nitriles is 1. The molecule has 3 nitrogen and oxygen atoms in total. The molecule has 2 heterocycles. The Morgan fingerprint density at radius 1 is 1.25 bits per heavy atom. The van der Waals surface area contributed by atoms with E-state index in [0.717, 1.165) is 25.0 Å². The second kappa shape index (κ2) is 6.22. The van der Waals surface area contributed by atoms with E-state index in [-0.39, 0.29) is 0 Å². The highest BCUT2D eigenvalue weighted by Crippen LogP contribution is 2.24. The fourth-order valence-electron chi connectivity index (χ4n) is 3.15. The van der Waals surface area contributed by atoms with E-state index in [0.29, 0.717) is 6.42 Å². The van der Waals surface area contributed by atoms with Crippen LogP contribution >= 0.6 is 0 Å². The van der Waals surface area contributed by atoms with Crippen molar-refractivity contribution >= 4 is 0 Å². The number of unbranched alkanes of at least 4 members (excludes halogenated alkanes) is 1. The standard InChI is InChI=1S/C13H23N3/c14-8-2-4-11-16-10-3-1-7-13(16)12-6-5-9-15-12/h12-13,15H,1-7,9-11H2. The Morgan fingerprint density at radius 3 is 2.94 bits per heavy atom. The molecule has 0 amide bonds. The number of likely N-dealkylation sites (tertiary alicyclic amines) is 1. The van der Waals surface area contributed by atoms with Gasteiger partial charge < -0.3 is 5.32 Å². The van der Waals surface area contributed by atoms with Gasteiger partial charge in [-0.25, -0.2) is 0 Å². The lowest BCUT2D eigenvalue weighted by Gasteiger charge is -2.39. The Hall–Kier alpha value is -0.590. The van der Waals surface area contributed by atoms with Crippen LogP contribution in [0.4, 0.5) is 0 Å². The van der Waals surface area contributed by atoms with Crippen LogP contribution in [0.5, 0.6) is 0 Å². The molecule has 0 radical (unpaired) electrons. The van der Waals surface area contributed by atoms with E-state index < -0.39 is 0 Å². The van der Waals surface area contributed by atoms with Crippen molar-refractivity contribution in [3.8, 4) is 6.07 Å². The first-order valence-corrected chi connectivity index (χ1v) is 6.76. The fourth-order valence-corrected chi connectivity index (χ4v) is 3.15. The number of nitrogens with one attached hydrogen (secondary N) is 1. The van der Waals surface area contributed by atoms with E-state index >= 15 is 0 Å². The van der Waals surface area contributed by atoms with E-state index in [1.807, 2.05) is 0 Å². The molecule has 0 saturated carbocycles. The first-order valence-electron chi connectivity index (χ1n) is 6.76. The summed E-state index contributed by atoms with van der Waals surface area (Å²) in [7, 11) is 0. The summed E-state index contributed by atoms with van der Waals surface area (Å²) >= 11 is 0. The lowest BCUT2D eigenvalue weighted by atomic mass is 9.94. The van der Waals surface area contributed by atoms with Crippen molar-refractivity contribution in [3.63, 3.8) is 0 Å². The summed E-state index contributed by atoms with van der Waals surface area (Å²) in [4.78, 5) is 2.63. The highest BCUT2D eigenvalue weighted by Gasteiger charge is 2.30. The maximum absolute atomic E-state index is 8.59. The van der Waals surface area contributed by atoms with E-state index in [2.05, 4.69) is 16.3 Å². The minimum atomic E-state index is 0.710. The highest BCUT2D eigenvalue weighted by molar-refractivity contribution is 4.90. The molecule has 90 valence electrons. The summed E-state index contributed by atoms with van der Waals surface area (Å²) < 4.78 is 0. The van der Waals surface area contributed by atoms with Crippen molar-refractivity contribution in [2.24, 2.45) is 0 Å². The molecule has 0 aliphatic carbocycles. The monoisotopic (exact) mass is 221 g/mol. The van der Waals surface area contributed by atoms with Crippen LogP contribution in [0, 0.1) is 11.3 Å². The number of piperidine rings is 1. The molecule has 2 aliphatic heterocycles. The Labute approximate surface area is 98.8 Å². The van der Waals surface area contributed by atoms with Gasteiger partial charge in [0.25, 0.3) is 0 Å². The van der Waals surface area contributed by atoms with Crippen LogP contribution in [0.2, 0.25) is 0 Å². The highest BCUT2D eigenvalue weighted by atomic mass is 15.2. The quantitative estimate of drug-likeness (QED) is 0.737. The molecule has 2 aliphatic rings. The van der Waals surface area contributed by atoms with Gasteiger partial charge in [0.1, 0.15) is 0 Å². The smallest absolute Gasteiger partial charge is 0.0622 e. The maximum atomic E-state index is 8.59. The van der Waals surface area contributed by atoms with Gasteiger partial charge in [-0.3, -0.25) is 4.90 Å². The Balaban J connectivity index is 1.83. The summed E-state index contributed by atoms with van der Waals surface area (Å²) in [6, 6.07) is 3.72. The van der Waals surface area contributed by atoms with E-state index in [1.54, 1.807) is 0 Å². The van der Waals surface area contributed by atoms with Crippen molar-refractivity contribution in [3.05, 3.63) is 0 Å². The molecule has 2 fully saturated rings. The molecule has 2 rings (SSSR count). The molecular formula is C13H23N3. The van der Waals surface area contributed by atoms with Crippen molar-refractivity contribution in [1.29, 1.82) is 5.26 Å². The van der Waals surface area contributed by atoms with Gasteiger partial charge in [-0.05, 0) is 51.7 Å². The Morgan fingerprint density at radius 2 is 2.19 bits per heavy atom. The van der Waals surface area contributed by atoms with Crippen molar-refractivity contribution < 1.29 is 0 Å². The first-order chi connectivity index (χ1) is 7.92. The zero-order valence-electron chi connectivity index (χ0n) is 10.1. The number of rotatable bonds is 4. The minimum absolute atomic E-state index is 0.710. The summed E-state index contributed by atoms with van der Waals surface area (Å²) in [5.74, 6) is 0. The number of hydrogen-bond donors (Lipinski definition) is 1. The van der Waals surface area contributed by atoms with Gasteiger partial charge >= 0.3 is 0 Å². The van der Waals surface area contributed by atoms with Gasteiger partial charge in [0, 0.05) is 18.5 Å². The van der Waals surface area contributed by atoms with E-state index in [1.165, 1.54) is 45.2 Å². The molecule has 0 aromatic heterocycles. The average molecular weight is 221 g/mol. The van der Waals surface area contributed by atoms with Gasteiger partial charge in [-0.15, -0.1) is 0 Å². The molecular weight excluding hydrogens is 198 g/mol. The second-order valence-corrected chi connectivity index (χ2v) is 5.06. The zero-order valence-corrected chi connectivity index (χ0v) is 10.1. The molecule has 0 aromatic carbocycles. The first kappa shape index (κ1) is 11.9. The van der Waals surface area contributed by atoms with Crippen molar-refractivity contribution in [2.45, 2.75) is 57.0 Å². The van der Waals surface area contributed by atoms with Crippen LogP contribution in [-0.4, -0.2) is 36.6 Å². The molecule has 0 bridgehead atoms. The molecule has 2 atom stereocenters. The number of hydrogen-bond acceptors (Lipinski definition) is 3. The van der Waals surface area contributed by atoms with Crippen molar-refractivity contribution in [1.82, 2.24) is 10.2 Å². The van der Waals surface area contributed by atoms with Crippen LogP contribution in [0.1, 0.15) is 44.9 Å². The van der Waals surface area contributed by atoms with Gasteiger partial charge in [0.15, 0.2) is 0 Å². The van der Waals surface area contributed by atoms with E-state index in [9.17, 15) is 0 Å². The molecule has 0 spiro atoms. The summed E-state index contributed by atoms with van der Waals surface area (Å²) in [6.45, 7) is 3.57. The molecule has 2 unspecified atom stereocenters. The lowest BCUT2D eigenvalue weighted by Crippen LogP contribution is -2.50. The van der Waals surface area contributed by atoms with Crippen LogP contribution in [-0.2, 0) is 0 Å². The molecule has 16 heavy (non-hydrogen) atoms. The maximum Gasteiger partial charge on any atom is 0.0622 e. The predicted molar refractivity (Wildman–Crippen MR) is 65.1 cm³/mol. The number of nitrogens with zero attached hydrogens (tertiary/aromatic N) is 2. The van der Waals surface area contributed by atoms with Crippen molar-refractivity contribution in [2.75, 3.05) is 19.6 Å². The topological polar surface area (TPSA) is 39.1 Å². The molecule has 3 heteroatoms. The fraction of sp³-hybridized carbons (Fsp3) is 0.923. The van der Waals surface area contributed by atoms with E-state index in [4.69, 9.17) is 5.26 Å². The van der Waals surface area contributed by atoms with Crippen LogP contribution in [0.15, 0.2) is 0 Å². The molecule has 2 saturated heterocycles. The third kappa shape index (κ3) is 2.96. The summed E-state index contributed by atoms with van der Waals surface area (Å²) in [5.41, 5.74) is 0. The normalized spacial score (nSPS) is 31.4. The van der Waals surface area contributed by atoms with Gasteiger partial charge in [0.2, 0.25) is 0 Å². The van der Waals surface area contributed by atoms with Gasteiger partial charge in [-0.1, -0.05) is 6.42 Å². The largest absolute Gasteiger partial charge is 0.312 e. The average Bonchev–Trinajstić information content (AvgIpc) is 2.83. The summed E-state index contributed by atoms with van der Waals surface area (Å²) in [6.07, 6.45) is 8.52. The molecule has 1 N–H and O–H groups in total. The second-order valence-electron chi connectivity index (χ2n) is 5.06. The third-order valence-corrected chi connectivity index (χ3v) is 3.96. The van der Waals surface area contributed by atoms with Gasteiger partial charge in [0.05, 0.1) is 6.07 Å². The van der Waals surface area contributed by atoms with Crippen LogP contribution in [0.25, 0.3) is 0 Å². The Bertz CT molecular complexity index is 240. The van der Waals surface area contributed by atoms with Gasteiger partial charge in [-0.2, -0.15) is 5.26 Å². The van der Waals surface area contributed by atoms with Crippen LogP contribution in [0.3, 0.4) is 0 Å². The lowest BCUT2D eigenvalue weighted by molar-refractivity contribution is 0.119. The SMILES string of the molecule is N#CCCCN1CCCCC1C1CCCN1.